The van der Waals surface area contributed by atoms with Gasteiger partial charge in [0.2, 0.25) is 0 Å². The Morgan fingerprint density at radius 2 is 1.93 bits per heavy atom. The van der Waals surface area contributed by atoms with Gasteiger partial charge in [-0.1, -0.05) is 6.92 Å². The summed E-state index contributed by atoms with van der Waals surface area (Å²) in [5.74, 6) is 0.474. The fourth-order valence-electron chi connectivity index (χ4n) is 0.866. The molecule has 5 heteroatoms. The predicted octanol–water partition coefficient (Wildman–Crippen LogP) is -0.0392. The van der Waals surface area contributed by atoms with Crippen molar-refractivity contribution in [2.45, 2.75) is 19.9 Å². The fourth-order valence-corrected chi connectivity index (χ4v) is 1.61. The van der Waals surface area contributed by atoms with E-state index in [2.05, 4.69) is 17.1 Å². The number of sulfone groups is 1. The van der Waals surface area contributed by atoms with Gasteiger partial charge in [-0.05, 0) is 21.0 Å². The van der Waals surface area contributed by atoms with E-state index in [4.69, 9.17) is 0 Å². The minimum Gasteiger partial charge on any atom is -0.314 e. The maximum atomic E-state index is 11.1. The van der Waals surface area contributed by atoms with E-state index in [-0.39, 0.29) is 11.5 Å². The summed E-state index contributed by atoms with van der Waals surface area (Å²) in [4.78, 5) is 2.10. The van der Waals surface area contributed by atoms with Gasteiger partial charge in [-0.25, -0.2) is 8.42 Å². The first-order chi connectivity index (χ1) is 6.39. The highest BCUT2D eigenvalue weighted by Crippen LogP contribution is 1.90. The summed E-state index contributed by atoms with van der Waals surface area (Å²) in [7, 11) is 1.20. The van der Waals surface area contributed by atoms with E-state index >= 15 is 0 Å². The number of nitrogens with one attached hydrogen (secondary N) is 1. The third-order valence-electron chi connectivity index (χ3n) is 2.35. The lowest BCUT2D eigenvalue weighted by atomic mass is 10.3. The van der Waals surface area contributed by atoms with Crippen LogP contribution in [0.5, 0.6) is 0 Å². The van der Waals surface area contributed by atoms with Crippen LogP contribution in [0.4, 0.5) is 0 Å². The van der Waals surface area contributed by atoms with Crippen molar-refractivity contribution >= 4 is 9.84 Å². The molecular weight excluding hydrogens is 200 g/mol. The molecule has 0 aromatic heterocycles. The van der Waals surface area contributed by atoms with E-state index in [1.165, 1.54) is 0 Å². The fraction of sp³-hybridized carbons (Fsp3) is 1.00. The molecule has 0 saturated heterocycles. The van der Waals surface area contributed by atoms with Crippen molar-refractivity contribution in [1.82, 2.24) is 10.2 Å². The summed E-state index contributed by atoms with van der Waals surface area (Å²) >= 11 is 0. The van der Waals surface area contributed by atoms with Crippen LogP contribution in [0.3, 0.4) is 0 Å². The summed E-state index contributed by atoms with van der Waals surface area (Å²) in [6, 6.07) is 0.430. The Hall–Kier alpha value is -0.130. The van der Waals surface area contributed by atoms with Gasteiger partial charge < -0.3 is 10.2 Å². The molecule has 0 saturated carbocycles. The highest BCUT2D eigenvalue weighted by Gasteiger charge is 2.07. The molecule has 0 fully saturated rings. The average molecular weight is 222 g/mol. The first-order valence-electron chi connectivity index (χ1n) is 4.96. The molecule has 0 radical (unpaired) electrons. The van der Waals surface area contributed by atoms with Crippen molar-refractivity contribution in [1.29, 1.82) is 0 Å². The molecule has 0 aliphatic rings. The zero-order valence-electron chi connectivity index (χ0n) is 9.58. The normalized spacial score (nSPS) is 14.6. The second-order valence-corrected chi connectivity index (χ2v) is 6.23. The molecule has 0 aromatic carbocycles. The zero-order valence-corrected chi connectivity index (χ0v) is 10.4. The van der Waals surface area contributed by atoms with Crippen molar-refractivity contribution in [3.05, 3.63) is 0 Å². The minimum atomic E-state index is -2.81. The van der Waals surface area contributed by atoms with Gasteiger partial charge in [-0.2, -0.15) is 0 Å². The van der Waals surface area contributed by atoms with Crippen molar-refractivity contribution < 1.29 is 8.42 Å². The standard InChI is InChI=1S/C9H22N2O2S/c1-5-14(12,13)7-6-10-8-9(2)11(3)4/h9-10H,5-8H2,1-4H3. The average Bonchev–Trinajstić information content (AvgIpc) is 2.12. The molecule has 0 rings (SSSR count). The molecule has 4 nitrogen and oxygen atoms in total. The molecule has 1 unspecified atom stereocenters. The lowest BCUT2D eigenvalue weighted by molar-refractivity contribution is 0.305. The molecule has 1 N–H and O–H groups in total. The van der Waals surface area contributed by atoms with Gasteiger partial charge in [0, 0.05) is 24.9 Å². The SMILES string of the molecule is CCS(=O)(=O)CCNCC(C)N(C)C. The van der Waals surface area contributed by atoms with Crippen molar-refractivity contribution in [3.8, 4) is 0 Å². The molecule has 0 aromatic rings. The molecule has 0 aliphatic heterocycles. The van der Waals surface area contributed by atoms with E-state index in [9.17, 15) is 8.42 Å². The molecule has 1 atom stereocenters. The first-order valence-corrected chi connectivity index (χ1v) is 6.78. The summed E-state index contributed by atoms with van der Waals surface area (Å²) in [6.45, 7) is 5.15. The molecule has 0 aliphatic carbocycles. The van der Waals surface area contributed by atoms with E-state index in [0.29, 0.717) is 12.6 Å². The Morgan fingerprint density at radius 3 is 2.36 bits per heavy atom. The van der Waals surface area contributed by atoms with Gasteiger partial charge in [0.1, 0.15) is 0 Å². The molecule has 14 heavy (non-hydrogen) atoms. The predicted molar refractivity (Wildman–Crippen MR) is 60.3 cm³/mol. The Morgan fingerprint density at radius 1 is 1.36 bits per heavy atom. The van der Waals surface area contributed by atoms with Crippen molar-refractivity contribution in [2.75, 3.05) is 38.7 Å². The number of rotatable bonds is 7. The lowest BCUT2D eigenvalue weighted by Crippen LogP contribution is -2.37. The van der Waals surface area contributed by atoms with Gasteiger partial charge in [-0.15, -0.1) is 0 Å². The molecular formula is C9H22N2O2S. The highest BCUT2D eigenvalue weighted by atomic mass is 32.2. The van der Waals surface area contributed by atoms with Crippen LogP contribution in [0.15, 0.2) is 0 Å². The van der Waals surface area contributed by atoms with Crippen LogP contribution in [-0.4, -0.2) is 58.1 Å². The number of hydrogen-bond donors (Lipinski definition) is 1. The summed E-state index contributed by atoms with van der Waals surface area (Å²) in [6.07, 6.45) is 0. The van der Waals surface area contributed by atoms with E-state index in [0.717, 1.165) is 6.54 Å². The Labute approximate surface area is 87.6 Å². The lowest BCUT2D eigenvalue weighted by Gasteiger charge is -2.19. The smallest absolute Gasteiger partial charge is 0.151 e. The van der Waals surface area contributed by atoms with Crippen LogP contribution in [0.1, 0.15) is 13.8 Å². The second kappa shape index (κ2) is 6.37. The van der Waals surface area contributed by atoms with Gasteiger partial charge >= 0.3 is 0 Å². The van der Waals surface area contributed by atoms with Crippen LogP contribution < -0.4 is 5.32 Å². The zero-order chi connectivity index (χ0) is 11.2. The van der Waals surface area contributed by atoms with E-state index in [1.807, 2.05) is 14.1 Å². The van der Waals surface area contributed by atoms with Gasteiger partial charge in [0.05, 0.1) is 5.75 Å². The quantitative estimate of drug-likeness (QED) is 0.614. The van der Waals surface area contributed by atoms with Crippen LogP contribution in [0, 0.1) is 0 Å². The first kappa shape index (κ1) is 13.9. The largest absolute Gasteiger partial charge is 0.314 e. The molecule has 0 bridgehead atoms. The summed E-state index contributed by atoms with van der Waals surface area (Å²) < 4.78 is 22.3. The van der Waals surface area contributed by atoms with Crippen molar-refractivity contribution in [2.24, 2.45) is 0 Å². The van der Waals surface area contributed by atoms with Gasteiger partial charge in [0.25, 0.3) is 0 Å². The maximum Gasteiger partial charge on any atom is 0.151 e. The number of hydrogen-bond acceptors (Lipinski definition) is 4. The molecule has 0 amide bonds. The topological polar surface area (TPSA) is 49.4 Å². The van der Waals surface area contributed by atoms with E-state index < -0.39 is 9.84 Å². The third-order valence-corrected chi connectivity index (χ3v) is 4.06. The Bertz CT molecular complexity index is 237. The minimum absolute atomic E-state index is 0.234. The van der Waals surface area contributed by atoms with Gasteiger partial charge in [0.15, 0.2) is 9.84 Å². The number of likely N-dealkylation sites (N-methyl/N-ethyl adjacent to an activating group) is 1. The maximum absolute atomic E-state index is 11.1. The summed E-state index contributed by atoms with van der Waals surface area (Å²) in [5, 5.41) is 3.14. The van der Waals surface area contributed by atoms with Crippen molar-refractivity contribution in [3.63, 3.8) is 0 Å². The molecule has 0 heterocycles. The van der Waals surface area contributed by atoms with E-state index in [1.54, 1.807) is 6.92 Å². The third kappa shape index (κ3) is 6.34. The van der Waals surface area contributed by atoms with Crippen LogP contribution >= 0.6 is 0 Å². The molecule has 0 spiro atoms. The van der Waals surface area contributed by atoms with Crippen LogP contribution in [0.2, 0.25) is 0 Å². The Kier molecular flexibility index (Phi) is 6.31. The number of nitrogens with zero attached hydrogens (tertiary/aromatic N) is 1. The van der Waals surface area contributed by atoms with Gasteiger partial charge in [-0.3, -0.25) is 0 Å². The van der Waals surface area contributed by atoms with Crippen LogP contribution in [0.25, 0.3) is 0 Å². The Balaban J connectivity index is 3.57. The van der Waals surface area contributed by atoms with Crippen LogP contribution in [-0.2, 0) is 9.84 Å². The second-order valence-electron chi connectivity index (χ2n) is 3.75. The monoisotopic (exact) mass is 222 g/mol. The summed E-state index contributed by atoms with van der Waals surface area (Å²) in [5.41, 5.74) is 0. The molecule has 86 valence electrons. The highest BCUT2D eigenvalue weighted by molar-refractivity contribution is 7.91.